The van der Waals surface area contributed by atoms with Crippen LogP contribution in [-0.2, 0) is 11.2 Å². The van der Waals surface area contributed by atoms with Gasteiger partial charge < -0.3 is 25.4 Å². The molecule has 0 aromatic heterocycles. The Bertz CT molecular complexity index is 857. The smallest absolute Gasteiger partial charge is 0.315 e. The number of urea groups is 1. The molecule has 2 rings (SSSR count). The van der Waals surface area contributed by atoms with Crippen molar-refractivity contribution in [1.29, 1.82) is 0 Å². The zero-order valence-corrected chi connectivity index (χ0v) is 17.6. The van der Waals surface area contributed by atoms with Crippen LogP contribution in [0.4, 0.5) is 10.5 Å². The van der Waals surface area contributed by atoms with Gasteiger partial charge in [0.05, 0.1) is 20.8 Å². The number of rotatable bonds is 8. The lowest BCUT2D eigenvalue weighted by atomic mass is 10.1. The van der Waals surface area contributed by atoms with Crippen molar-refractivity contribution in [2.75, 3.05) is 32.6 Å². The predicted octanol–water partition coefficient (Wildman–Crippen LogP) is 3.11. The number of hydrogen-bond donors (Lipinski definition) is 3. The quantitative estimate of drug-likeness (QED) is 0.636. The largest absolute Gasteiger partial charge is 0.493 e. The second-order valence-corrected chi connectivity index (χ2v) is 6.87. The summed E-state index contributed by atoms with van der Waals surface area (Å²) in [6.07, 6.45) is 0.627. The molecule has 0 heterocycles. The number of amides is 3. The fourth-order valence-electron chi connectivity index (χ4n) is 3.14. The number of hydrogen-bond acceptors (Lipinski definition) is 4. The SMILES string of the molecule is COc1ccc(CCNC(=O)NCC(=O)Nc2c(C)cc(C)cc2C)cc1OC. The first-order valence-corrected chi connectivity index (χ1v) is 9.44. The van der Waals surface area contributed by atoms with Gasteiger partial charge in [0.2, 0.25) is 5.91 Å². The molecule has 0 fully saturated rings. The summed E-state index contributed by atoms with van der Waals surface area (Å²) in [6, 6.07) is 9.25. The summed E-state index contributed by atoms with van der Waals surface area (Å²) in [5.74, 6) is 1.04. The molecular formula is C22H29N3O4. The van der Waals surface area contributed by atoms with Gasteiger partial charge in [-0.15, -0.1) is 0 Å². The predicted molar refractivity (Wildman–Crippen MR) is 114 cm³/mol. The number of carbonyl (C=O) groups is 2. The minimum absolute atomic E-state index is 0.102. The summed E-state index contributed by atoms with van der Waals surface area (Å²) in [5.41, 5.74) is 4.93. The van der Waals surface area contributed by atoms with Crippen molar-refractivity contribution >= 4 is 17.6 Å². The lowest BCUT2D eigenvalue weighted by Crippen LogP contribution is -2.40. The molecule has 0 saturated heterocycles. The highest BCUT2D eigenvalue weighted by molar-refractivity contribution is 5.95. The third-order valence-corrected chi connectivity index (χ3v) is 4.50. The first kappa shape index (κ1) is 22.1. The molecule has 3 N–H and O–H groups in total. The van der Waals surface area contributed by atoms with Crippen LogP contribution in [0.25, 0.3) is 0 Å². The Hall–Kier alpha value is -3.22. The van der Waals surface area contributed by atoms with Crippen LogP contribution in [0.3, 0.4) is 0 Å². The van der Waals surface area contributed by atoms with Crippen molar-refractivity contribution in [1.82, 2.24) is 10.6 Å². The Morgan fingerprint density at radius 2 is 1.55 bits per heavy atom. The number of methoxy groups -OCH3 is 2. The number of benzene rings is 2. The number of aryl methyl sites for hydroxylation is 3. The van der Waals surface area contributed by atoms with E-state index in [9.17, 15) is 9.59 Å². The molecule has 156 valence electrons. The van der Waals surface area contributed by atoms with Gasteiger partial charge in [0.1, 0.15) is 0 Å². The molecule has 0 aliphatic rings. The van der Waals surface area contributed by atoms with E-state index in [-0.39, 0.29) is 12.5 Å². The molecule has 7 heteroatoms. The van der Waals surface area contributed by atoms with E-state index in [1.54, 1.807) is 14.2 Å². The molecule has 29 heavy (non-hydrogen) atoms. The molecule has 0 aliphatic heterocycles. The van der Waals surface area contributed by atoms with E-state index in [4.69, 9.17) is 9.47 Å². The van der Waals surface area contributed by atoms with Crippen LogP contribution >= 0.6 is 0 Å². The highest BCUT2D eigenvalue weighted by atomic mass is 16.5. The molecule has 0 unspecified atom stereocenters. The van der Waals surface area contributed by atoms with Crippen molar-refractivity contribution in [2.45, 2.75) is 27.2 Å². The molecule has 7 nitrogen and oxygen atoms in total. The molecule has 0 spiro atoms. The molecule has 0 saturated carbocycles. The maximum atomic E-state index is 12.2. The lowest BCUT2D eigenvalue weighted by molar-refractivity contribution is -0.115. The average Bonchev–Trinajstić information content (AvgIpc) is 2.69. The zero-order chi connectivity index (χ0) is 21.4. The summed E-state index contributed by atoms with van der Waals surface area (Å²) in [4.78, 5) is 24.1. The average molecular weight is 399 g/mol. The molecule has 0 aliphatic carbocycles. The second kappa shape index (κ2) is 10.4. The Balaban J connectivity index is 1.77. The van der Waals surface area contributed by atoms with Crippen LogP contribution in [0.1, 0.15) is 22.3 Å². The highest BCUT2D eigenvalue weighted by Crippen LogP contribution is 2.27. The molecule has 0 bridgehead atoms. The van der Waals surface area contributed by atoms with Gasteiger partial charge in [-0.25, -0.2) is 4.79 Å². The van der Waals surface area contributed by atoms with Crippen LogP contribution in [0.15, 0.2) is 30.3 Å². The number of ether oxygens (including phenoxy) is 2. The summed E-state index contributed by atoms with van der Waals surface area (Å²) in [5, 5.41) is 8.18. The van der Waals surface area contributed by atoms with Gasteiger partial charge in [0, 0.05) is 12.2 Å². The van der Waals surface area contributed by atoms with E-state index in [1.807, 2.05) is 51.1 Å². The van der Waals surface area contributed by atoms with Crippen molar-refractivity contribution in [3.8, 4) is 11.5 Å². The zero-order valence-electron chi connectivity index (χ0n) is 17.6. The number of carbonyl (C=O) groups excluding carboxylic acids is 2. The Labute approximate surface area is 171 Å². The minimum Gasteiger partial charge on any atom is -0.493 e. The summed E-state index contributed by atoms with van der Waals surface area (Å²) in [6.45, 7) is 6.24. The van der Waals surface area contributed by atoms with Crippen LogP contribution in [0, 0.1) is 20.8 Å². The van der Waals surface area contributed by atoms with Gasteiger partial charge in [-0.05, 0) is 56.0 Å². The van der Waals surface area contributed by atoms with E-state index >= 15 is 0 Å². The Morgan fingerprint density at radius 1 is 0.897 bits per heavy atom. The molecule has 0 atom stereocenters. The van der Waals surface area contributed by atoms with Crippen molar-refractivity contribution in [3.05, 3.63) is 52.6 Å². The van der Waals surface area contributed by atoms with Gasteiger partial charge in [0.15, 0.2) is 11.5 Å². The standard InChI is InChI=1S/C22H29N3O4/c1-14-10-15(2)21(16(3)11-14)25-20(26)13-24-22(27)23-9-8-17-6-7-18(28-4)19(12-17)29-5/h6-7,10-12H,8-9,13H2,1-5H3,(H,25,26)(H2,23,24,27). The second-order valence-electron chi connectivity index (χ2n) is 6.87. The van der Waals surface area contributed by atoms with Crippen LogP contribution in [-0.4, -0.2) is 39.2 Å². The van der Waals surface area contributed by atoms with Crippen molar-refractivity contribution in [2.24, 2.45) is 0 Å². The third kappa shape index (κ3) is 6.41. The lowest BCUT2D eigenvalue weighted by Gasteiger charge is -2.13. The van der Waals surface area contributed by atoms with E-state index in [0.29, 0.717) is 24.5 Å². The number of anilines is 1. The van der Waals surface area contributed by atoms with Gasteiger partial charge in [-0.2, -0.15) is 0 Å². The molecule has 3 amide bonds. The van der Waals surface area contributed by atoms with Gasteiger partial charge >= 0.3 is 6.03 Å². The molecule has 2 aromatic rings. The van der Waals surface area contributed by atoms with Crippen molar-refractivity contribution < 1.29 is 19.1 Å². The van der Waals surface area contributed by atoms with Gasteiger partial charge in [0.25, 0.3) is 0 Å². The normalized spacial score (nSPS) is 10.2. The first-order valence-electron chi connectivity index (χ1n) is 9.44. The van der Waals surface area contributed by atoms with E-state index in [2.05, 4.69) is 16.0 Å². The topological polar surface area (TPSA) is 88.7 Å². The maximum Gasteiger partial charge on any atom is 0.315 e. The van der Waals surface area contributed by atoms with Crippen LogP contribution in [0.2, 0.25) is 0 Å². The molecule has 2 aromatic carbocycles. The summed E-state index contributed by atoms with van der Waals surface area (Å²) in [7, 11) is 3.17. The maximum absolute atomic E-state index is 12.2. The third-order valence-electron chi connectivity index (χ3n) is 4.50. The highest BCUT2D eigenvalue weighted by Gasteiger charge is 2.10. The molecule has 0 radical (unpaired) electrons. The Morgan fingerprint density at radius 3 is 2.17 bits per heavy atom. The van der Waals surface area contributed by atoms with Gasteiger partial charge in [-0.1, -0.05) is 23.8 Å². The van der Waals surface area contributed by atoms with Crippen LogP contribution < -0.4 is 25.4 Å². The van der Waals surface area contributed by atoms with E-state index < -0.39 is 6.03 Å². The monoisotopic (exact) mass is 399 g/mol. The van der Waals surface area contributed by atoms with E-state index in [1.165, 1.54) is 0 Å². The number of nitrogens with one attached hydrogen (secondary N) is 3. The fraction of sp³-hybridized carbons (Fsp3) is 0.364. The first-order chi connectivity index (χ1) is 13.8. The summed E-state index contributed by atoms with van der Waals surface area (Å²) < 4.78 is 10.5. The summed E-state index contributed by atoms with van der Waals surface area (Å²) >= 11 is 0. The Kier molecular flexibility index (Phi) is 7.88. The van der Waals surface area contributed by atoms with E-state index in [0.717, 1.165) is 27.9 Å². The molecular weight excluding hydrogens is 370 g/mol. The van der Waals surface area contributed by atoms with Crippen LogP contribution in [0.5, 0.6) is 11.5 Å². The van der Waals surface area contributed by atoms with Gasteiger partial charge in [-0.3, -0.25) is 4.79 Å². The minimum atomic E-state index is -0.391. The van der Waals surface area contributed by atoms with Crippen molar-refractivity contribution in [3.63, 3.8) is 0 Å². The fourth-order valence-corrected chi connectivity index (χ4v) is 3.14.